The molecule has 172 valence electrons. The molecule has 33 heavy (non-hydrogen) atoms. The number of benzene rings is 1. The molecule has 4 rings (SSSR count). The first kappa shape index (κ1) is 27.2. The number of nitrogens with one attached hydrogen (secondary N) is 1. The molecule has 3 aliphatic carbocycles. The number of rotatable bonds is 5. The average Bonchev–Trinajstić information content (AvgIpc) is 3.47. The summed E-state index contributed by atoms with van der Waals surface area (Å²) in [5, 5.41) is 31.2. The number of hydrogen-bond acceptors (Lipinski definition) is 5. The molecule has 1 amide bonds. The maximum atomic E-state index is 12.7. The number of hydrogen-bond donors (Lipinski definition) is 4. The largest absolute Gasteiger partial charge is 2.00 e. The normalized spacial score (nSPS) is 22.6. The molecule has 0 saturated heterocycles. The van der Waals surface area contributed by atoms with Crippen molar-refractivity contribution in [3.63, 3.8) is 0 Å². The summed E-state index contributed by atoms with van der Waals surface area (Å²) >= 11 is 0. The Balaban J connectivity index is 0.000000568. The maximum absolute atomic E-state index is 12.7. The average molecular weight is 491 g/mol. The van der Waals surface area contributed by atoms with E-state index in [-0.39, 0.29) is 35.0 Å². The maximum Gasteiger partial charge on any atom is 2.00 e. The molecule has 3 saturated carbocycles. The van der Waals surface area contributed by atoms with Gasteiger partial charge in [-0.3, -0.25) is 9.59 Å². The summed E-state index contributed by atoms with van der Waals surface area (Å²) in [5.41, 5.74) is -1.44. The number of anilines is 1. The van der Waals surface area contributed by atoms with E-state index < -0.39 is 34.4 Å². The van der Waals surface area contributed by atoms with Crippen LogP contribution < -0.4 is 5.32 Å². The Morgan fingerprint density at radius 3 is 2.27 bits per heavy atom. The van der Waals surface area contributed by atoms with Gasteiger partial charge in [0.1, 0.15) is 22.8 Å². The minimum absolute atomic E-state index is 0. The summed E-state index contributed by atoms with van der Waals surface area (Å²) < 4.78 is 0. The van der Waals surface area contributed by atoms with Gasteiger partial charge in [-0.15, -0.1) is 0 Å². The summed E-state index contributed by atoms with van der Waals surface area (Å²) in [6, 6.07) is 2.13. The predicted molar refractivity (Wildman–Crippen MR) is 118 cm³/mol. The SMILES string of the molecule is CC1(CCC(=O)Nc2c(O)ccc(C(=O)O)c2O)CC[C]2[CH][CH][CH][C]2C1=O.[CH]1[CH][CH][CH][CH]1.[Fe+2]. The van der Waals surface area contributed by atoms with E-state index >= 15 is 0 Å². The van der Waals surface area contributed by atoms with Gasteiger partial charge in [0, 0.05) is 11.8 Å². The third kappa shape index (κ3) is 6.51. The molecule has 1 aromatic carbocycles. The van der Waals surface area contributed by atoms with Crippen LogP contribution in [0.4, 0.5) is 5.69 Å². The number of carboxylic acid groups (broad SMARTS) is 1. The van der Waals surface area contributed by atoms with Crippen molar-refractivity contribution in [1.82, 2.24) is 0 Å². The van der Waals surface area contributed by atoms with Crippen LogP contribution in [0.1, 0.15) is 43.0 Å². The Labute approximate surface area is 205 Å². The van der Waals surface area contributed by atoms with Gasteiger partial charge >= 0.3 is 23.0 Å². The topological polar surface area (TPSA) is 124 Å². The van der Waals surface area contributed by atoms with E-state index in [1.54, 1.807) is 6.42 Å². The number of carboxylic acids is 1. The molecular weight excluding hydrogens is 466 g/mol. The van der Waals surface area contributed by atoms with E-state index in [1.165, 1.54) is 0 Å². The van der Waals surface area contributed by atoms with Crippen LogP contribution in [0, 0.1) is 68.6 Å². The fourth-order valence-electron chi connectivity index (χ4n) is 3.77. The van der Waals surface area contributed by atoms with Crippen LogP contribution in [0.3, 0.4) is 0 Å². The van der Waals surface area contributed by atoms with Crippen LogP contribution in [0.25, 0.3) is 0 Å². The van der Waals surface area contributed by atoms with Crippen molar-refractivity contribution in [2.75, 3.05) is 5.32 Å². The van der Waals surface area contributed by atoms with Crippen LogP contribution in [0.2, 0.25) is 0 Å². The van der Waals surface area contributed by atoms with Crippen LogP contribution in [-0.2, 0) is 26.7 Å². The van der Waals surface area contributed by atoms with Gasteiger partial charge in [0.05, 0.1) is 5.92 Å². The summed E-state index contributed by atoms with van der Waals surface area (Å²) in [7, 11) is 0. The van der Waals surface area contributed by atoms with E-state index in [2.05, 4.69) is 5.32 Å². The zero-order chi connectivity index (χ0) is 23.3. The first-order valence-electron chi connectivity index (χ1n) is 10.3. The molecule has 0 aliphatic heterocycles. The van der Waals surface area contributed by atoms with Crippen molar-refractivity contribution in [2.45, 2.75) is 32.6 Å². The predicted octanol–water partition coefficient (Wildman–Crippen LogP) is 3.68. The molecular formula is C25H25FeNO6+2. The van der Waals surface area contributed by atoms with E-state index in [1.807, 2.05) is 51.9 Å². The van der Waals surface area contributed by atoms with Crippen molar-refractivity contribution >= 4 is 23.3 Å². The molecule has 0 aromatic heterocycles. The Morgan fingerprint density at radius 1 is 1.03 bits per heavy atom. The number of aromatic hydroxyl groups is 2. The second-order valence-electron chi connectivity index (χ2n) is 8.03. The Hall–Kier alpha value is -2.05. The fraction of sp³-hybridized carbons (Fsp3) is 0.240. The van der Waals surface area contributed by atoms with Crippen LogP contribution in [0.5, 0.6) is 11.5 Å². The second kappa shape index (κ2) is 11.9. The third-order valence-corrected chi connectivity index (χ3v) is 5.76. The summed E-state index contributed by atoms with van der Waals surface area (Å²) in [6.45, 7) is 1.83. The number of carbonyl (C=O) groups is 3. The molecule has 3 fully saturated rings. The van der Waals surface area contributed by atoms with Gasteiger partial charge in [-0.25, -0.2) is 4.79 Å². The number of Topliss-reactive ketones (excluding diaryl/α,β-unsaturated/α-hetero) is 1. The first-order valence-corrected chi connectivity index (χ1v) is 10.3. The standard InChI is InChI=1S/C20H20NO6.C5H5.Fe/c1-20(9-7-11-3-2-4-12(11)18(20)25)10-8-15(23)21-16-14(22)6-5-13(17(16)24)19(26)27;1-2-4-5-3-1;/h2-6,22,24H,7-10H2,1H3,(H,21,23)(H,26,27);1-5H;/q;;+2. The van der Waals surface area contributed by atoms with Crippen LogP contribution >= 0.6 is 0 Å². The smallest absolute Gasteiger partial charge is 0.506 e. The second-order valence-corrected chi connectivity index (χ2v) is 8.03. The Bertz CT molecular complexity index is 861. The molecule has 10 radical (unpaired) electrons. The van der Waals surface area contributed by atoms with Crippen LogP contribution in [0.15, 0.2) is 12.1 Å². The van der Waals surface area contributed by atoms with E-state index in [0.29, 0.717) is 18.8 Å². The molecule has 7 nitrogen and oxygen atoms in total. The zero-order valence-electron chi connectivity index (χ0n) is 18.0. The molecule has 4 N–H and O–H groups in total. The minimum atomic E-state index is -1.38. The van der Waals surface area contributed by atoms with Crippen molar-refractivity contribution in [1.29, 1.82) is 0 Å². The number of carbonyl (C=O) groups excluding carboxylic acids is 2. The van der Waals surface area contributed by atoms with Crippen molar-refractivity contribution in [2.24, 2.45) is 5.41 Å². The fourth-order valence-corrected chi connectivity index (χ4v) is 3.77. The molecule has 1 aromatic rings. The monoisotopic (exact) mass is 491 g/mol. The number of amides is 1. The minimum Gasteiger partial charge on any atom is -0.506 e. The van der Waals surface area contributed by atoms with E-state index in [4.69, 9.17) is 5.11 Å². The molecule has 0 heterocycles. The third-order valence-electron chi connectivity index (χ3n) is 5.76. The van der Waals surface area contributed by atoms with E-state index in [9.17, 15) is 24.6 Å². The summed E-state index contributed by atoms with van der Waals surface area (Å²) in [6.07, 6.45) is 17.3. The van der Waals surface area contributed by atoms with Gasteiger partial charge in [-0.05, 0) is 88.7 Å². The number of ketones is 1. The van der Waals surface area contributed by atoms with E-state index in [0.717, 1.165) is 24.5 Å². The molecule has 0 spiro atoms. The van der Waals surface area contributed by atoms with Gasteiger partial charge in [0.2, 0.25) is 5.91 Å². The van der Waals surface area contributed by atoms with Gasteiger partial charge in [-0.1, -0.05) is 6.92 Å². The summed E-state index contributed by atoms with van der Waals surface area (Å²) in [4.78, 5) is 36.1. The Kier molecular flexibility index (Phi) is 9.80. The molecule has 1 unspecified atom stereocenters. The Morgan fingerprint density at radius 2 is 1.67 bits per heavy atom. The first-order chi connectivity index (χ1) is 15.2. The van der Waals surface area contributed by atoms with Crippen molar-refractivity contribution in [3.05, 3.63) is 80.9 Å². The van der Waals surface area contributed by atoms with Crippen molar-refractivity contribution < 1.29 is 46.8 Å². The quantitative estimate of drug-likeness (QED) is 0.368. The van der Waals surface area contributed by atoms with Crippen LogP contribution in [-0.4, -0.2) is 33.0 Å². The molecule has 3 aliphatic rings. The van der Waals surface area contributed by atoms with Gasteiger partial charge < -0.3 is 20.6 Å². The van der Waals surface area contributed by atoms with Gasteiger partial charge in [0.15, 0.2) is 5.75 Å². The number of aromatic carboxylic acids is 1. The number of phenolic OH excluding ortho intramolecular Hbond substituents is 1. The molecule has 0 bridgehead atoms. The van der Waals surface area contributed by atoms with Gasteiger partial charge in [-0.2, -0.15) is 0 Å². The molecule has 1 atom stereocenters. The van der Waals surface area contributed by atoms with Gasteiger partial charge in [0.25, 0.3) is 0 Å². The zero-order valence-corrected chi connectivity index (χ0v) is 19.1. The number of phenols is 2. The summed E-state index contributed by atoms with van der Waals surface area (Å²) in [5.74, 6) is -1.31. The molecule has 8 heteroatoms. The van der Waals surface area contributed by atoms with Crippen molar-refractivity contribution in [3.8, 4) is 11.5 Å². The number of fused-ring (bicyclic) bond motifs is 1.